The van der Waals surface area contributed by atoms with Crippen LogP contribution in [0.25, 0.3) is 0 Å². The summed E-state index contributed by atoms with van der Waals surface area (Å²) in [4.78, 5) is 40.0. The molecule has 2 unspecified atom stereocenters. The largest absolute Gasteiger partial charge is 0.484 e. The molecule has 4 rings (SSSR count). The number of ether oxygens (including phenoxy) is 1. The van der Waals surface area contributed by atoms with Gasteiger partial charge in [-0.15, -0.1) is 0 Å². The first kappa shape index (κ1) is 16.1. The first-order valence-corrected chi connectivity index (χ1v) is 8.97. The Kier molecular flexibility index (Phi) is 4.19. The van der Waals surface area contributed by atoms with Crippen molar-refractivity contribution in [3.63, 3.8) is 0 Å². The zero-order chi connectivity index (χ0) is 17.4. The molecule has 2 atom stereocenters. The molecular formula is C19H22N2O4. The fraction of sp³-hybridized carbons (Fsp3) is 0.526. The highest BCUT2D eigenvalue weighted by molar-refractivity contribution is 6.02. The molecule has 3 heterocycles. The average molecular weight is 342 g/mol. The monoisotopic (exact) mass is 342 g/mol. The van der Waals surface area contributed by atoms with Crippen molar-refractivity contribution >= 4 is 17.7 Å². The number of hydrogen-bond acceptors (Lipinski definition) is 4. The van der Waals surface area contributed by atoms with E-state index in [0.29, 0.717) is 31.4 Å². The van der Waals surface area contributed by atoms with E-state index in [1.165, 1.54) is 4.90 Å². The van der Waals surface area contributed by atoms with Crippen LogP contribution in [0.4, 0.5) is 0 Å². The van der Waals surface area contributed by atoms with Crippen molar-refractivity contribution in [2.75, 3.05) is 6.61 Å². The van der Waals surface area contributed by atoms with Gasteiger partial charge in [0.1, 0.15) is 5.75 Å². The second kappa shape index (κ2) is 6.50. The number of amides is 3. The molecule has 2 bridgehead atoms. The summed E-state index contributed by atoms with van der Waals surface area (Å²) < 4.78 is 5.60. The van der Waals surface area contributed by atoms with Gasteiger partial charge in [-0.1, -0.05) is 18.2 Å². The third kappa shape index (κ3) is 3.01. The average Bonchev–Trinajstić information content (AvgIpc) is 3.09. The molecule has 1 aromatic rings. The number of rotatable bonds is 4. The Morgan fingerprint density at radius 3 is 2.16 bits per heavy atom. The summed E-state index contributed by atoms with van der Waals surface area (Å²) in [6.07, 6.45) is 3.94. The molecule has 1 aromatic carbocycles. The summed E-state index contributed by atoms with van der Waals surface area (Å²) in [6.45, 7) is 0.0310. The van der Waals surface area contributed by atoms with Crippen molar-refractivity contribution in [2.45, 2.75) is 56.7 Å². The highest BCUT2D eigenvalue weighted by atomic mass is 16.5. The number of hydrogen-bond donors (Lipinski definition) is 0. The van der Waals surface area contributed by atoms with Gasteiger partial charge in [0.25, 0.3) is 5.91 Å². The lowest BCUT2D eigenvalue weighted by atomic mass is 9.96. The van der Waals surface area contributed by atoms with Crippen LogP contribution in [0.1, 0.15) is 38.5 Å². The SMILES string of the molecule is O=C1CCC(=O)N1C1CC2CCC(C1)N2C(=O)COc1ccccc1. The normalized spacial score (nSPS) is 28.6. The molecule has 0 radical (unpaired) electrons. The number of piperidine rings is 1. The molecule has 6 nitrogen and oxygen atoms in total. The molecule has 0 aliphatic carbocycles. The molecule has 3 aliphatic rings. The quantitative estimate of drug-likeness (QED) is 0.782. The molecule has 3 aliphatic heterocycles. The summed E-state index contributed by atoms with van der Waals surface area (Å²) in [6, 6.07) is 9.49. The smallest absolute Gasteiger partial charge is 0.261 e. The minimum Gasteiger partial charge on any atom is -0.484 e. The molecule has 3 amide bonds. The van der Waals surface area contributed by atoms with Gasteiger partial charge in [-0.3, -0.25) is 19.3 Å². The molecule has 3 saturated heterocycles. The number of para-hydroxylation sites is 1. The minimum atomic E-state index is -0.0541. The molecule has 0 saturated carbocycles. The van der Waals surface area contributed by atoms with Crippen LogP contribution in [0, 0.1) is 0 Å². The summed E-state index contributed by atoms with van der Waals surface area (Å²) in [5, 5.41) is 0. The van der Waals surface area contributed by atoms with E-state index in [1.54, 1.807) is 0 Å². The Morgan fingerprint density at radius 2 is 1.56 bits per heavy atom. The van der Waals surface area contributed by atoms with Gasteiger partial charge in [-0.25, -0.2) is 0 Å². The van der Waals surface area contributed by atoms with E-state index in [0.717, 1.165) is 12.8 Å². The Hall–Kier alpha value is -2.37. The van der Waals surface area contributed by atoms with Crippen molar-refractivity contribution < 1.29 is 19.1 Å². The molecule has 6 heteroatoms. The Bertz CT molecular complexity index is 660. The highest BCUT2D eigenvalue weighted by Gasteiger charge is 2.47. The van der Waals surface area contributed by atoms with Gasteiger partial charge in [0.2, 0.25) is 11.8 Å². The van der Waals surface area contributed by atoms with Crippen LogP contribution in [0.5, 0.6) is 5.75 Å². The molecule has 3 fully saturated rings. The van der Waals surface area contributed by atoms with Crippen LogP contribution in [0.15, 0.2) is 30.3 Å². The zero-order valence-electron chi connectivity index (χ0n) is 14.1. The molecule has 0 aromatic heterocycles. The molecule has 25 heavy (non-hydrogen) atoms. The van der Waals surface area contributed by atoms with Crippen LogP contribution in [0.3, 0.4) is 0 Å². The standard InChI is InChI=1S/C19H22N2O4/c22-17-8-9-18(23)21(17)15-10-13-6-7-14(11-15)20(13)19(24)12-25-16-4-2-1-3-5-16/h1-5,13-15H,6-12H2. The maximum Gasteiger partial charge on any atom is 0.261 e. The van der Waals surface area contributed by atoms with Gasteiger partial charge >= 0.3 is 0 Å². The predicted octanol–water partition coefficient (Wildman–Crippen LogP) is 1.74. The number of fused-ring (bicyclic) bond motifs is 2. The summed E-state index contributed by atoms with van der Waals surface area (Å²) in [7, 11) is 0. The highest BCUT2D eigenvalue weighted by Crippen LogP contribution is 2.39. The second-order valence-corrected chi connectivity index (χ2v) is 7.07. The fourth-order valence-corrected chi connectivity index (χ4v) is 4.50. The van der Waals surface area contributed by atoms with Crippen LogP contribution >= 0.6 is 0 Å². The number of likely N-dealkylation sites (tertiary alicyclic amines) is 1. The Morgan fingerprint density at radius 1 is 0.960 bits per heavy atom. The Balaban J connectivity index is 1.39. The summed E-state index contributed by atoms with van der Waals surface area (Å²) in [5.41, 5.74) is 0. The van der Waals surface area contributed by atoms with E-state index >= 15 is 0 Å². The zero-order valence-corrected chi connectivity index (χ0v) is 14.1. The third-order valence-corrected chi connectivity index (χ3v) is 5.56. The first-order valence-electron chi connectivity index (χ1n) is 8.97. The number of carbonyl (C=O) groups excluding carboxylic acids is 3. The number of carbonyl (C=O) groups is 3. The maximum absolute atomic E-state index is 12.6. The van der Waals surface area contributed by atoms with Gasteiger partial charge in [0.15, 0.2) is 6.61 Å². The Labute approximate surface area is 146 Å². The molecule has 132 valence electrons. The van der Waals surface area contributed by atoms with E-state index in [9.17, 15) is 14.4 Å². The van der Waals surface area contributed by atoms with E-state index in [2.05, 4.69) is 0 Å². The second-order valence-electron chi connectivity index (χ2n) is 7.07. The molecule has 0 spiro atoms. The number of imide groups is 1. The van der Waals surface area contributed by atoms with E-state index in [1.807, 2.05) is 35.2 Å². The predicted molar refractivity (Wildman–Crippen MR) is 89.7 cm³/mol. The van der Waals surface area contributed by atoms with Crippen molar-refractivity contribution in [2.24, 2.45) is 0 Å². The van der Waals surface area contributed by atoms with Gasteiger partial charge < -0.3 is 9.64 Å². The van der Waals surface area contributed by atoms with Gasteiger partial charge in [0, 0.05) is 31.0 Å². The van der Waals surface area contributed by atoms with E-state index in [-0.39, 0.29) is 42.5 Å². The maximum atomic E-state index is 12.6. The first-order chi connectivity index (χ1) is 12.1. The van der Waals surface area contributed by atoms with Gasteiger partial charge in [0.05, 0.1) is 0 Å². The van der Waals surface area contributed by atoms with E-state index in [4.69, 9.17) is 4.74 Å². The van der Waals surface area contributed by atoms with Crippen LogP contribution in [-0.4, -0.2) is 52.3 Å². The molecular weight excluding hydrogens is 320 g/mol. The third-order valence-electron chi connectivity index (χ3n) is 5.56. The minimum absolute atomic E-state index is 0.00567. The van der Waals surface area contributed by atoms with Crippen molar-refractivity contribution in [1.82, 2.24) is 9.80 Å². The lowest BCUT2D eigenvalue weighted by Gasteiger charge is -2.41. The lowest BCUT2D eigenvalue weighted by Crippen LogP contribution is -2.54. The number of nitrogens with zero attached hydrogens (tertiary/aromatic N) is 2. The summed E-state index contributed by atoms with van der Waals surface area (Å²) >= 11 is 0. The van der Waals surface area contributed by atoms with Crippen LogP contribution < -0.4 is 4.74 Å². The topological polar surface area (TPSA) is 66.9 Å². The van der Waals surface area contributed by atoms with Crippen molar-refractivity contribution in [1.29, 1.82) is 0 Å². The summed E-state index contributed by atoms with van der Waals surface area (Å²) in [5.74, 6) is 0.573. The van der Waals surface area contributed by atoms with Gasteiger partial charge in [-0.2, -0.15) is 0 Å². The van der Waals surface area contributed by atoms with Crippen LogP contribution in [0.2, 0.25) is 0 Å². The van der Waals surface area contributed by atoms with Crippen molar-refractivity contribution in [3.05, 3.63) is 30.3 Å². The van der Waals surface area contributed by atoms with Crippen LogP contribution in [-0.2, 0) is 14.4 Å². The van der Waals surface area contributed by atoms with Gasteiger partial charge in [-0.05, 0) is 37.8 Å². The fourth-order valence-electron chi connectivity index (χ4n) is 4.50. The number of benzene rings is 1. The molecule has 0 N–H and O–H groups in total. The van der Waals surface area contributed by atoms with E-state index < -0.39 is 0 Å². The lowest BCUT2D eigenvalue weighted by molar-refractivity contribution is -0.145. The van der Waals surface area contributed by atoms with Crippen molar-refractivity contribution in [3.8, 4) is 5.75 Å².